The van der Waals surface area contributed by atoms with Crippen LogP contribution in [-0.4, -0.2) is 11.5 Å². The van der Waals surface area contributed by atoms with Crippen molar-refractivity contribution in [1.82, 2.24) is 0 Å². The van der Waals surface area contributed by atoms with Crippen LogP contribution in [0.3, 0.4) is 0 Å². The molecule has 1 saturated carbocycles. The molecule has 0 saturated heterocycles. The van der Waals surface area contributed by atoms with Crippen LogP contribution in [0.2, 0.25) is 0 Å². The number of aryl methyl sites for hydroxylation is 2. The average molecular weight is 239 g/mol. The zero-order valence-corrected chi connectivity index (χ0v) is 11.1. The highest BCUT2D eigenvalue weighted by Crippen LogP contribution is 2.46. The predicted octanol–water partition coefficient (Wildman–Crippen LogP) is 4.09. The monoisotopic (exact) mass is 238 g/mol. The molecule has 1 nitrogen and oxygen atoms in total. The van der Waals surface area contributed by atoms with E-state index in [1.165, 1.54) is 11.1 Å². The number of rotatable bonds is 2. The largest absolute Gasteiger partial charge is 0.489 e. The molecule has 88 valence electrons. The topological polar surface area (TPSA) is 9.23 Å². The first-order chi connectivity index (χ1) is 7.41. The maximum Gasteiger partial charge on any atom is 0.122 e. The van der Waals surface area contributed by atoms with Crippen molar-refractivity contribution in [3.8, 4) is 5.75 Å². The van der Waals surface area contributed by atoms with Gasteiger partial charge in [0.1, 0.15) is 11.9 Å². The van der Waals surface area contributed by atoms with Crippen LogP contribution >= 0.6 is 11.6 Å². The van der Waals surface area contributed by atoms with Gasteiger partial charge >= 0.3 is 0 Å². The van der Waals surface area contributed by atoms with E-state index in [-0.39, 0.29) is 16.9 Å². The molecule has 1 aliphatic rings. The summed E-state index contributed by atoms with van der Waals surface area (Å²) in [6, 6.07) is 6.30. The molecule has 1 aliphatic carbocycles. The van der Waals surface area contributed by atoms with Gasteiger partial charge in [0.05, 0.1) is 0 Å². The van der Waals surface area contributed by atoms with Crippen molar-refractivity contribution in [2.45, 2.75) is 45.6 Å². The fraction of sp³-hybridized carbons (Fsp3) is 0.571. The molecule has 16 heavy (non-hydrogen) atoms. The Morgan fingerprint density at radius 3 is 2.50 bits per heavy atom. The molecule has 2 rings (SSSR count). The minimum Gasteiger partial charge on any atom is -0.489 e. The van der Waals surface area contributed by atoms with Crippen LogP contribution in [0.15, 0.2) is 18.2 Å². The summed E-state index contributed by atoms with van der Waals surface area (Å²) in [4.78, 5) is 0. The van der Waals surface area contributed by atoms with E-state index in [9.17, 15) is 0 Å². The Balaban J connectivity index is 2.11. The van der Waals surface area contributed by atoms with E-state index in [1.54, 1.807) is 0 Å². The van der Waals surface area contributed by atoms with Crippen molar-refractivity contribution >= 4 is 11.6 Å². The standard InChI is InChI=1S/C14H19ClO/c1-9-5-6-11(10(2)7-9)16-13-8-12(15)14(13,3)4/h5-7,12-13H,8H2,1-4H3. The number of alkyl halides is 1. The van der Waals surface area contributed by atoms with Gasteiger partial charge in [-0.3, -0.25) is 0 Å². The maximum atomic E-state index is 6.19. The van der Waals surface area contributed by atoms with Gasteiger partial charge in [-0.25, -0.2) is 0 Å². The molecule has 0 bridgehead atoms. The summed E-state index contributed by atoms with van der Waals surface area (Å²) in [5.74, 6) is 0.993. The van der Waals surface area contributed by atoms with E-state index in [1.807, 2.05) is 0 Å². The molecule has 1 fully saturated rings. The van der Waals surface area contributed by atoms with Crippen LogP contribution in [0, 0.1) is 19.3 Å². The molecule has 0 heterocycles. The molecular weight excluding hydrogens is 220 g/mol. The molecule has 2 atom stereocenters. The summed E-state index contributed by atoms with van der Waals surface area (Å²) >= 11 is 6.19. The first kappa shape index (κ1) is 11.8. The molecule has 0 amide bonds. The minimum absolute atomic E-state index is 0.0822. The first-order valence-corrected chi connectivity index (χ1v) is 6.23. The second kappa shape index (κ2) is 3.96. The Bertz CT molecular complexity index is 398. The number of hydrogen-bond donors (Lipinski definition) is 0. The van der Waals surface area contributed by atoms with Gasteiger partial charge in [0.2, 0.25) is 0 Å². The van der Waals surface area contributed by atoms with Gasteiger partial charge in [-0.05, 0) is 25.5 Å². The maximum absolute atomic E-state index is 6.19. The fourth-order valence-corrected chi connectivity index (χ4v) is 2.42. The third-order valence-electron chi connectivity index (χ3n) is 3.66. The van der Waals surface area contributed by atoms with Crippen molar-refractivity contribution in [3.05, 3.63) is 29.3 Å². The summed E-state index contributed by atoms with van der Waals surface area (Å²) in [5, 5.41) is 0.239. The number of hydrogen-bond acceptors (Lipinski definition) is 1. The van der Waals surface area contributed by atoms with Crippen LogP contribution in [-0.2, 0) is 0 Å². The zero-order chi connectivity index (χ0) is 11.9. The predicted molar refractivity (Wildman–Crippen MR) is 68.4 cm³/mol. The van der Waals surface area contributed by atoms with Crippen molar-refractivity contribution in [3.63, 3.8) is 0 Å². The molecule has 2 heteroatoms. The summed E-state index contributed by atoms with van der Waals surface area (Å²) in [5.41, 5.74) is 2.56. The van der Waals surface area contributed by atoms with Crippen molar-refractivity contribution in [2.75, 3.05) is 0 Å². The first-order valence-electron chi connectivity index (χ1n) is 5.79. The van der Waals surface area contributed by atoms with E-state index in [4.69, 9.17) is 16.3 Å². The van der Waals surface area contributed by atoms with Crippen molar-refractivity contribution in [1.29, 1.82) is 0 Å². The molecule has 0 N–H and O–H groups in total. The number of ether oxygens (including phenoxy) is 1. The van der Waals surface area contributed by atoms with E-state index in [0.29, 0.717) is 0 Å². The van der Waals surface area contributed by atoms with Crippen molar-refractivity contribution in [2.24, 2.45) is 5.41 Å². The SMILES string of the molecule is Cc1ccc(OC2CC(Cl)C2(C)C)c(C)c1. The van der Waals surface area contributed by atoms with Crippen LogP contribution < -0.4 is 4.74 Å². The molecule has 0 radical (unpaired) electrons. The Kier molecular flexibility index (Phi) is 2.91. The lowest BCUT2D eigenvalue weighted by Gasteiger charge is -2.48. The lowest BCUT2D eigenvalue weighted by atomic mass is 9.68. The third kappa shape index (κ3) is 1.93. The molecule has 0 spiro atoms. The van der Waals surface area contributed by atoms with Gasteiger partial charge < -0.3 is 4.74 Å². The van der Waals surface area contributed by atoms with E-state index >= 15 is 0 Å². The highest BCUT2D eigenvalue weighted by atomic mass is 35.5. The van der Waals surface area contributed by atoms with Crippen LogP contribution in [0.25, 0.3) is 0 Å². The van der Waals surface area contributed by atoms with Gasteiger partial charge in [-0.15, -0.1) is 11.6 Å². The highest BCUT2D eigenvalue weighted by molar-refractivity contribution is 6.21. The fourth-order valence-electron chi connectivity index (χ4n) is 2.12. The molecule has 1 aromatic rings. The second-order valence-electron chi connectivity index (χ2n) is 5.40. The Hall–Kier alpha value is -0.690. The normalized spacial score (nSPS) is 27.3. The molecular formula is C14H19ClO. The van der Waals surface area contributed by atoms with E-state index in [0.717, 1.165) is 12.2 Å². The van der Waals surface area contributed by atoms with E-state index < -0.39 is 0 Å². The minimum atomic E-state index is 0.0822. The summed E-state index contributed by atoms with van der Waals surface area (Å²) in [6.45, 7) is 8.52. The Morgan fingerprint density at radius 2 is 2.00 bits per heavy atom. The van der Waals surface area contributed by atoms with Crippen LogP contribution in [0.5, 0.6) is 5.75 Å². The smallest absolute Gasteiger partial charge is 0.122 e. The van der Waals surface area contributed by atoms with Gasteiger partial charge in [-0.1, -0.05) is 31.5 Å². The Morgan fingerprint density at radius 1 is 1.31 bits per heavy atom. The summed E-state index contributed by atoms with van der Waals surface area (Å²) in [6.07, 6.45) is 1.19. The summed E-state index contributed by atoms with van der Waals surface area (Å²) in [7, 11) is 0. The van der Waals surface area contributed by atoms with Gasteiger partial charge in [0.15, 0.2) is 0 Å². The van der Waals surface area contributed by atoms with Crippen molar-refractivity contribution < 1.29 is 4.74 Å². The second-order valence-corrected chi connectivity index (χ2v) is 5.93. The summed E-state index contributed by atoms with van der Waals surface area (Å²) < 4.78 is 6.04. The lowest BCUT2D eigenvalue weighted by Crippen LogP contribution is -2.53. The highest BCUT2D eigenvalue weighted by Gasteiger charge is 2.49. The van der Waals surface area contributed by atoms with Crippen LogP contribution in [0.4, 0.5) is 0 Å². The lowest BCUT2D eigenvalue weighted by molar-refractivity contribution is -0.0134. The molecule has 1 aromatic carbocycles. The number of halogens is 1. The molecule has 2 unspecified atom stereocenters. The Labute approximate surface area is 103 Å². The van der Waals surface area contributed by atoms with E-state index in [2.05, 4.69) is 45.9 Å². The third-order valence-corrected chi connectivity index (χ3v) is 4.40. The van der Waals surface area contributed by atoms with Gasteiger partial charge in [0, 0.05) is 17.2 Å². The quantitative estimate of drug-likeness (QED) is 0.706. The van der Waals surface area contributed by atoms with Crippen LogP contribution in [0.1, 0.15) is 31.4 Å². The molecule has 0 aliphatic heterocycles. The molecule has 0 aromatic heterocycles. The van der Waals surface area contributed by atoms with Gasteiger partial charge in [0.25, 0.3) is 0 Å². The van der Waals surface area contributed by atoms with Gasteiger partial charge in [-0.2, -0.15) is 0 Å². The number of benzene rings is 1. The zero-order valence-electron chi connectivity index (χ0n) is 10.4. The average Bonchev–Trinajstić information content (AvgIpc) is 2.21.